The molecule has 2 aliphatic rings. The summed E-state index contributed by atoms with van der Waals surface area (Å²) in [5, 5.41) is 4.93. The van der Waals surface area contributed by atoms with E-state index in [0.717, 1.165) is 76.8 Å². The van der Waals surface area contributed by atoms with Crippen molar-refractivity contribution in [2.75, 3.05) is 19.6 Å². The Balaban J connectivity index is 0.000000144. The number of hydrogen-bond donors (Lipinski definition) is 0. The number of hydrogen-bond acceptors (Lipinski definition) is 6. The second-order valence-electron chi connectivity index (χ2n) is 29.5. The van der Waals surface area contributed by atoms with Crippen LogP contribution in [-0.4, -0.2) is 25.0 Å². The fourth-order valence-electron chi connectivity index (χ4n) is 15.0. The van der Waals surface area contributed by atoms with Crippen molar-refractivity contribution >= 4 is 157 Å². The Morgan fingerprint density at radius 1 is 0.301 bits per heavy atom. The minimum Gasteiger partial charge on any atom is -0.399 e. The summed E-state index contributed by atoms with van der Waals surface area (Å²) in [6.07, 6.45) is 0. The maximum absolute atomic E-state index is 6.40. The van der Waals surface area contributed by atoms with Crippen LogP contribution in [0.2, 0.25) is 0 Å². The molecule has 16 aromatic carbocycles. The molecule has 113 heavy (non-hydrogen) atoms. The molecule has 1 fully saturated rings. The van der Waals surface area contributed by atoms with Gasteiger partial charge in [0, 0.05) is 65.8 Å². The van der Waals surface area contributed by atoms with E-state index in [0.29, 0.717) is 0 Å². The van der Waals surface area contributed by atoms with Gasteiger partial charge in [0.05, 0.1) is 22.6 Å². The monoisotopic (exact) mass is 1590 g/mol. The number of para-hydroxylation sites is 8. The van der Waals surface area contributed by atoms with Gasteiger partial charge in [-0.05, 0) is 253 Å². The minimum atomic E-state index is -0.383. The van der Waals surface area contributed by atoms with Crippen molar-refractivity contribution in [2.24, 2.45) is 0 Å². The van der Waals surface area contributed by atoms with E-state index in [1.54, 1.807) is 0 Å². The maximum Gasteiger partial charge on any atom is 1.00 e. The molecule has 0 radical (unpaired) electrons. The average molecular weight is 1590 g/mol. The Bertz CT molecular complexity index is 5640. The van der Waals surface area contributed by atoms with Gasteiger partial charge in [0.15, 0.2) is 0 Å². The van der Waals surface area contributed by atoms with Gasteiger partial charge >= 0.3 is 26.0 Å². The van der Waals surface area contributed by atoms with E-state index in [9.17, 15) is 0 Å². The molecule has 0 amide bonds. The molecule has 548 valence electrons. The fraction of sp³-hybridized carbons (Fsp3) is 0.0882. The normalized spacial score (nSPS) is 12.8. The van der Waals surface area contributed by atoms with Crippen LogP contribution < -0.4 is 60.3 Å². The van der Waals surface area contributed by atoms with Gasteiger partial charge in [0.1, 0.15) is 0 Å². The Hall–Kier alpha value is -11.2. The molecule has 11 heteroatoms. The topological polar surface area (TPSA) is 31.4 Å². The number of benzene rings is 16. The van der Waals surface area contributed by atoms with Gasteiger partial charge < -0.3 is 34.8 Å². The molecule has 2 heterocycles. The molecule has 2 aliphatic heterocycles. The summed E-state index contributed by atoms with van der Waals surface area (Å²) in [4.78, 5) is 9.27. The summed E-state index contributed by atoms with van der Waals surface area (Å²) < 4.78 is 14.9. The van der Waals surface area contributed by atoms with Gasteiger partial charge in [-0.3, -0.25) is 0 Å². The zero-order chi connectivity index (χ0) is 77.1. The van der Waals surface area contributed by atoms with Crippen molar-refractivity contribution in [3.05, 3.63) is 415 Å². The van der Waals surface area contributed by atoms with Gasteiger partial charge in [0.2, 0.25) is 6.71 Å². The van der Waals surface area contributed by atoms with Crippen molar-refractivity contribution in [1.29, 1.82) is 0 Å². The van der Waals surface area contributed by atoms with Crippen LogP contribution in [0, 0.1) is 5.92 Å². The van der Waals surface area contributed by atoms with Crippen LogP contribution in [0.5, 0.6) is 0 Å². The summed E-state index contributed by atoms with van der Waals surface area (Å²) in [6, 6.07) is 142. The Morgan fingerprint density at radius 3 is 0.982 bits per heavy atom. The van der Waals surface area contributed by atoms with Gasteiger partial charge in [-0.1, -0.05) is 272 Å². The second kappa shape index (κ2) is 35.7. The number of rotatable bonds is 14. The van der Waals surface area contributed by atoms with Crippen molar-refractivity contribution < 1.29 is 28.2 Å². The molecule has 0 saturated carbocycles. The van der Waals surface area contributed by atoms with E-state index >= 15 is 0 Å². The summed E-state index contributed by atoms with van der Waals surface area (Å²) in [6.45, 7) is 14.7. The number of fused-ring (bicyclic) bond motifs is 4. The zero-order valence-corrected chi connectivity index (χ0v) is 68.3. The van der Waals surface area contributed by atoms with Crippen LogP contribution in [0.15, 0.2) is 409 Å². The van der Waals surface area contributed by atoms with E-state index in [1.165, 1.54) is 71.9 Å². The number of halogens is 2. The first kappa shape index (κ1) is 78.5. The molecule has 0 aliphatic carbocycles. The van der Waals surface area contributed by atoms with Crippen LogP contribution >= 0.6 is 31.9 Å². The molecule has 0 atom stereocenters. The molecular weight excluding hydrogens is 1500 g/mol. The van der Waals surface area contributed by atoms with Gasteiger partial charge in [-0.2, -0.15) is 20.8 Å². The van der Waals surface area contributed by atoms with Crippen molar-refractivity contribution in [3.8, 4) is 22.3 Å². The second-order valence-corrected chi connectivity index (χ2v) is 31.2. The zero-order valence-electron chi connectivity index (χ0n) is 65.1. The van der Waals surface area contributed by atoms with Gasteiger partial charge in [-0.15, -0.1) is 0 Å². The number of nitrogens with zero attached hydrogens (tertiary/aromatic N) is 4. The molecule has 6 nitrogen and oxygen atoms in total. The van der Waals surface area contributed by atoms with Gasteiger partial charge in [0.25, 0.3) is 0 Å². The average Bonchev–Trinajstić information content (AvgIpc) is 1.03. The Labute approximate surface area is 696 Å². The summed E-state index contributed by atoms with van der Waals surface area (Å²) in [5.41, 5.74) is 22.7. The third-order valence-electron chi connectivity index (χ3n) is 20.8. The third-order valence-corrected chi connectivity index (χ3v) is 22.2. The van der Waals surface area contributed by atoms with E-state index in [1.807, 2.05) is 30.3 Å². The minimum absolute atomic E-state index is 0. The molecule has 0 bridgehead atoms. The van der Waals surface area contributed by atoms with Crippen LogP contribution in [0.25, 0.3) is 43.8 Å². The molecule has 1 saturated heterocycles. The smallest absolute Gasteiger partial charge is 0.399 e. The van der Waals surface area contributed by atoms with Crippen molar-refractivity contribution in [2.45, 2.75) is 59.7 Å². The van der Waals surface area contributed by atoms with Crippen LogP contribution in [0.3, 0.4) is 0 Å². The molecular formula is C102H87B2Br2LiN4O2. The van der Waals surface area contributed by atoms with E-state index < -0.39 is 0 Å². The van der Waals surface area contributed by atoms with Gasteiger partial charge in [-0.25, -0.2) is 0 Å². The summed E-state index contributed by atoms with van der Waals surface area (Å²) in [7, 11) is -0.383. The van der Waals surface area contributed by atoms with E-state index in [4.69, 9.17) is 9.31 Å². The first-order valence-corrected chi connectivity index (χ1v) is 39.8. The summed E-state index contributed by atoms with van der Waals surface area (Å²) in [5.74, 6) is 1.42. The summed E-state index contributed by atoms with van der Waals surface area (Å²) >= 11 is 7.50. The molecule has 0 spiro atoms. The van der Waals surface area contributed by atoms with Crippen molar-refractivity contribution in [3.63, 3.8) is 0 Å². The molecule has 0 N–H and O–H groups in total. The Morgan fingerprint density at radius 2 is 0.593 bits per heavy atom. The van der Waals surface area contributed by atoms with E-state index in [-0.39, 0.29) is 43.9 Å². The predicted octanol–water partition coefficient (Wildman–Crippen LogP) is 23.9. The third kappa shape index (κ3) is 17.1. The predicted molar refractivity (Wildman–Crippen MR) is 486 cm³/mol. The molecule has 16 aromatic rings. The molecule has 0 unspecified atom stereocenters. The fourth-order valence-corrected chi connectivity index (χ4v) is 15.9. The van der Waals surface area contributed by atoms with E-state index in [2.05, 4.69) is 470 Å². The standard InChI is InChI=1S/C46H33BN2.C30H22Br2N2.C22H23BO2.C4H9.Li/c1-4-16-34(17-5-1)41-33-28-35-18-10-11-23-40(35)46(41)47-42-24-12-14-26-44(42)49(45-27-15-13-25-43(45)47)39-31-29-38(30-32-39)48(36-19-6-2-7-20-36)37-21-8-3-9-22-37;31-27-15-7-9-17-29(27)34(30-18-10-8-16-28(30)32)26-21-19-25(20-22-26)33(23-11-3-1-4-12-23)24-13-5-2-6-14-24;1-21(2)22(3,4)25-23(24-21)20-18-13-9-8-12-17(18)14-15-19(20)16-10-6-5-7-11-16;1-4(2)3;/h1-33H;1-22H;5-15H,1-4H3;1-3H3;/q;;;-1;+1. The largest absolute Gasteiger partial charge is 1.00 e. The SMILES string of the molecule is Brc1ccccc1N(c1ccc(N(c2ccccc2)c2ccccc2)cc1)c1ccccc1Br.CC1(C)OB(c2c(-c3ccccc3)ccc3ccccc23)OC1(C)C.C[C-](C)C.[Li+].c1ccc(-c2ccc3ccccc3c2B2c3ccccc3N(c3ccc(N(c4ccccc4)c4ccccc4)cc3)c3ccccc32)cc1. The first-order valence-electron chi connectivity index (χ1n) is 38.2. The Kier molecular flexibility index (Phi) is 24.8. The molecule has 18 rings (SSSR count). The van der Waals surface area contributed by atoms with Crippen LogP contribution in [0.1, 0.15) is 48.5 Å². The van der Waals surface area contributed by atoms with Crippen LogP contribution in [0.4, 0.5) is 68.2 Å². The van der Waals surface area contributed by atoms with Crippen molar-refractivity contribution in [1.82, 2.24) is 0 Å². The number of anilines is 12. The maximum atomic E-state index is 6.40. The molecule has 0 aromatic heterocycles. The van der Waals surface area contributed by atoms with Crippen LogP contribution in [-0.2, 0) is 9.31 Å². The quantitative estimate of drug-likeness (QED) is 0.0797. The first-order chi connectivity index (χ1) is 54.7.